The van der Waals surface area contributed by atoms with Gasteiger partial charge in [0, 0.05) is 18.5 Å². The normalized spacial score (nSPS) is 12.0. The van der Waals surface area contributed by atoms with Gasteiger partial charge in [0.1, 0.15) is 11.6 Å². The van der Waals surface area contributed by atoms with Crippen LogP contribution < -0.4 is 16.4 Å². The Morgan fingerprint density at radius 1 is 1.39 bits per heavy atom. The van der Waals surface area contributed by atoms with E-state index in [9.17, 15) is 4.39 Å². The molecule has 122 valence electrons. The lowest BCUT2D eigenvalue weighted by molar-refractivity contribution is 0.628. The summed E-state index contributed by atoms with van der Waals surface area (Å²) < 4.78 is 13.1. The van der Waals surface area contributed by atoms with Crippen LogP contribution in [0, 0.1) is 11.2 Å². The highest BCUT2D eigenvalue weighted by Gasteiger charge is 2.11. The largest absolute Gasteiger partial charge is 0.368 e. The number of anilines is 3. The highest BCUT2D eigenvalue weighted by molar-refractivity contribution is 6.33. The molecule has 23 heavy (non-hydrogen) atoms. The van der Waals surface area contributed by atoms with E-state index >= 15 is 0 Å². The molecule has 0 bridgehead atoms. The van der Waals surface area contributed by atoms with E-state index in [4.69, 9.17) is 22.7 Å². The van der Waals surface area contributed by atoms with Gasteiger partial charge in [0.2, 0.25) is 5.95 Å². The molecule has 1 aromatic heterocycles. The molecule has 1 atom stereocenters. The summed E-state index contributed by atoms with van der Waals surface area (Å²) >= 11 is 5.98. The zero-order valence-electron chi connectivity index (χ0n) is 12.8. The van der Waals surface area contributed by atoms with Gasteiger partial charge in [0.05, 0.1) is 22.1 Å². The number of aromatic nitrogens is 2. The van der Waals surface area contributed by atoms with Crippen molar-refractivity contribution in [2.24, 2.45) is 0 Å². The molecule has 0 saturated heterocycles. The average Bonchev–Trinajstić information content (AvgIpc) is 2.49. The predicted molar refractivity (Wildman–Crippen MR) is 91.1 cm³/mol. The molecule has 0 amide bonds. The van der Waals surface area contributed by atoms with Crippen LogP contribution in [0.1, 0.15) is 19.0 Å². The van der Waals surface area contributed by atoms with Gasteiger partial charge in [-0.3, -0.25) is 0 Å². The Morgan fingerprint density at radius 2 is 2.13 bits per heavy atom. The van der Waals surface area contributed by atoms with Crippen LogP contribution in [0.4, 0.5) is 21.8 Å². The second-order valence-corrected chi connectivity index (χ2v) is 5.53. The molecule has 0 aliphatic rings. The van der Waals surface area contributed by atoms with Crippen molar-refractivity contribution >= 4 is 34.8 Å². The maximum absolute atomic E-state index is 13.1. The van der Waals surface area contributed by atoms with Gasteiger partial charge >= 0.3 is 0 Å². The fourth-order valence-electron chi connectivity index (χ4n) is 1.93. The van der Waals surface area contributed by atoms with Gasteiger partial charge in [-0.15, -0.1) is 0 Å². The first-order chi connectivity index (χ1) is 10.9. The number of benzene rings is 1. The van der Waals surface area contributed by atoms with Crippen molar-refractivity contribution < 1.29 is 4.39 Å². The van der Waals surface area contributed by atoms with E-state index in [1.165, 1.54) is 18.2 Å². The van der Waals surface area contributed by atoms with Gasteiger partial charge in [0.15, 0.2) is 0 Å². The number of hydrogen-bond donors (Lipinski definition) is 4. The lowest BCUT2D eigenvalue weighted by Crippen LogP contribution is -2.25. The van der Waals surface area contributed by atoms with E-state index in [1.807, 2.05) is 14.0 Å². The maximum atomic E-state index is 13.1. The van der Waals surface area contributed by atoms with Crippen molar-refractivity contribution in [1.29, 1.82) is 5.41 Å². The fourth-order valence-corrected chi connectivity index (χ4v) is 2.14. The zero-order valence-corrected chi connectivity index (χ0v) is 13.6. The zero-order chi connectivity index (χ0) is 17.0. The van der Waals surface area contributed by atoms with Crippen LogP contribution in [-0.2, 0) is 0 Å². The fraction of sp³-hybridized carbons (Fsp3) is 0.267. The summed E-state index contributed by atoms with van der Waals surface area (Å²) in [6.07, 6.45) is 0.504. The second kappa shape index (κ2) is 7.34. The van der Waals surface area contributed by atoms with Crippen LogP contribution in [0.5, 0.6) is 0 Å². The van der Waals surface area contributed by atoms with Crippen LogP contribution in [0.15, 0.2) is 24.3 Å². The van der Waals surface area contributed by atoms with Crippen LogP contribution in [0.25, 0.3) is 0 Å². The van der Waals surface area contributed by atoms with Crippen LogP contribution in [0.3, 0.4) is 0 Å². The summed E-state index contributed by atoms with van der Waals surface area (Å²) in [6.45, 7) is 1.97. The third-order valence-electron chi connectivity index (χ3n) is 3.25. The van der Waals surface area contributed by atoms with Gasteiger partial charge < -0.3 is 21.8 Å². The highest BCUT2D eigenvalue weighted by atomic mass is 35.5. The van der Waals surface area contributed by atoms with E-state index in [2.05, 4.69) is 20.6 Å². The van der Waals surface area contributed by atoms with Crippen molar-refractivity contribution in [1.82, 2.24) is 15.3 Å². The second-order valence-electron chi connectivity index (χ2n) is 5.12. The molecule has 2 aromatic rings. The number of nitrogens with one attached hydrogen (secondary N) is 3. The number of nitrogens with two attached hydrogens (primary N) is 1. The topological polar surface area (TPSA) is 99.7 Å². The highest BCUT2D eigenvalue weighted by Crippen LogP contribution is 2.26. The summed E-state index contributed by atoms with van der Waals surface area (Å²) in [4.78, 5) is 8.15. The molecule has 2 rings (SSSR count). The molecule has 1 heterocycles. The van der Waals surface area contributed by atoms with Crippen LogP contribution >= 0.6 is 11.6 Å². The Balaban J connectivity index is 2.24. The minimum Gasteiger partial charge on any atom is -0.368 e. The Hall–Kier alpha value is -2.25. The molecule has 0 saturated carbocycles. The SMILES string of the molecule is CN[C@H](C)CC(=N)c1cc(Nc2ccc(F)cc2Cl)nc(N)n1. The van der Waals surface area contributed by atoms with Gasteiger partial charge in [-0.25, -0.2) is 9.37 Å². The lowest BCUT2D eigenvalue weighted by atomic mass is 10.1. The molecule has 0 unspecified atom stereocenters. The van der Waals surface area contributed by atoms with Gasteiger partial charge in [-0.1, -0.05) is 11.6 Å². The number of hydrogen-bond acceptors (Lipinski definition) is 6. The summed E-state index contributed by atoms with van der Waals surface area (Å²) in [5.74, 6) is 0.0132. The summed E-state index contributed by atoms with van der Waals surface area (Å²) in [5.41, 5.74) is 6.97. The molecule has 0 radical (unpaired) electrons. The van der Waals surface area contributed by atoms with Crippen LogP contribution in [-0.4, -0.2) is 28.8 Å². The Bertz CT molecular complexity index is 721. The first kappa shape index (κ1) is 17.1. The summed E-state index contributed by atoms with van der Waals surface area (Å²) in [6, 6.07) is 5.74. The van der Waals surface area contributed by atoms with Crippen molar-refractivity contribution in [3.8, 4) is 0 Å². The minimum atomic E-state index is -0.425. The molecule has 1 aromatic carbocycles. The van der Waals surface area contributed by atoms with E-state index in [0.29, 0.717) is 29.3 Å². The van der Waals surface area contributed by atoms with E-state index in [0.717, 1.165) is 0 Å². The first-order valence-electron chi connectivity index (χ1n) is 7.00. The number of rotatable bonds is 6. The summed E-state index contributed by atoms with van der Waals surface area (Å²) in [5, 5.41) is 14.4. The van der Waals surface area contributed by atoms with Gasteiger partial charge in [-0.2, -0.15) is 4.98 Å². The van der Waals surface area contributed by atoms with E-state index in [-0.39, 0.29) is 17.0 Å². The maximum Gasteiger partial charge on any atom is 0.222 e. The first-order valence-corrected chi connectivity index (χ1v) is 7.38. The Labute approximate surface area is 138 Å². The van der Waals surface area contributed by atoms with Crippen LogP contribution in [0.2, 0.25) is 5.02 Å². The number of halogens is 2. The lowest BCUT2D eigenvalue weighted by Gasteiger charge is -2.13. The van der Waals surface area contributed by atoms with Crippen molar-refractivity contribution in [2.45, 2.75) is 19.4 Å². The van der Waals surface area contributed by atoms with Gasteiger partial charge in [-0.05, 0) is 32.2 Å². The monoisotopic (exact) mass is 336 g/mol. The van der Waals surface area contributed by atoms with Crippen molar-refractivity contribution in [3.05, 3.63) is 40.8 Å². The molecule has 6 nitrogen and oxygen atoms in total. The van der Waals surface area contributed by atoms with Crippen molar-refractivity contribution in [3.63, 3.8) is 0 Å². The average molecular weight is 337 g/mol. The van der Waals surface area contributed by atoms with Gasteiger partial charge in [0.25, 0.3) is 0 Å². The van der Waals surface area contributed by atoms with E-state index < -0.39 is 5.82 Å². The van der Waals surface area contributed by atoms with Crippen molar-refractivity contribution in [2.75, 3.05) is 18.1 Å². The summed E-state index contributed by atoms with van der Waals surface area (Å²) in [7, 11) is 1.83. The standard InChI is InChI=1S/C15H18ClFN6/c1-8(20-2)5-11(18)13-7-14(23-15(19)22-13)21-12-4-3-9(17)6-10(12)16/h3-4,6-8,18,20H,5H2,1-2H3,(H3,19,21,22,23)/t8-/m1/s1. The van der Waals surface area contributed by atoms with E-state index in [1.54, 1.807) is 6.07 Å². The predicted octanol–water partition coefficient (Wildman–Crippen LogP) is 2.96. The third kappa shape index (κ3) is 4.61. The quantitative estimate of drug-likeness (QED) is 0.608. The molecule has 8 heteroatoms. The molecular formula is C15H18ClFN6. The third-order valence-corrected chi connectivity index (χ3v) is 3.56. The molecular weight excluding hydrogens is 319 g/mol. The molecule has 0 spiro atoms. The molecule has 0 fully saturated rings. The Kier molecular flexibility index (Phi) is 5.46. The molecule has 0 aliphatic carbocycles. The number of nitrogens with zero attached hydrogens (tertiary/aromatic N) is 2. The Morgan fingerprint density at radius 3 is 2.78 bits per heavy atom. The molecule has 5 N–H and O–H groups in total. The molecule has 0 aliphatic heterocycles. The smallest absolute Gasteiger partial charge is 0.222 e. The minimum absolute atomic E-state index is 0.0464. The number of nitrogen functional groups attached to an aromatic ring is 1.